The molecule has 24 heavy (non-hydrogen) atoms. The number of hydrogen-bond acceptors (Lipinski definition) is 5. The van der Waals surface area contributed by atoms with E-state index in [9.17, 15) is 4.79 Å². The van der Waals surface area contributed by atoms with Gasteiger partial charge in [-0.05, 0) is 29.8 Å². The lowest BCUT2D eigenvalue weighted by molar-refractivity contribution is -0.114. The number of nitrogens with one attached hydrogen (secondary N) is 2. The molecule has 1 amide bonds. The molecular weight excluding hydrogens is 328 g/mol. The highest BCUT2D eigenvalue weighted by Crippen LogP contribution is 2.23. The molecule has 0 saturated heterocycles. The van der Waals surface area contributed by atoms with Gasteiger partial charge in [0.05, 0.1) is 22.5 Å². The number of aliphatic imine (C=N–C) groups is 1. The fourth-order valence-corrected chi connectivity index (χ4v) is 2.35. The number of halogens is 1. The van der Waals surface area contributed by atoms with Crippen LogP contribution in [0.1, 0.15) is 12.5 Å². The van der Waals surface area contributed by atoms with E-state index >= 15 is 0 Å². The summed E-state index contributed by atoms with van der Waals surface area (Å²) in [5.41, 5.74) is 4.25. The van der Waals surface area contributed by atoms with Crippen LogP contribution in [0.3, 0.4) is 0 Å². The normalized spacial score (nSPS) is 15.3. The fourth-order valence-electron chi connectivity index (χ4n) is 2.18. The molecule has 2 heterocycles. The molecule has 2 aromatic rings. The molecule has 6 nitrogen and oxygen atoms in total. The van der Waals surface area contributed by atoms with Crippen molar-refractivity contribution in [2.24, 2.45) is 4.99 Å². The Kier molecular flexibility index (Phi) is 4.48. The van der Waals surface area contributed by atoms with Gasteiger partial charge < -0.3 is 10.2 Å². The van der Waals surface area contributed by atoms with Gasteiger partial charge in [0.2, 0.25) is 11.8 Å². The molecule has 0 atom stereocenters. The standard InChI is InChI=1S/C17H15ClN4O2/c1-10-3-5-13(9-19-10)17-21-16(24-22-17)8-12-4-6-14(18)15(7-12)20-11(2)23/h3-7,9,22H,1,8H2,2H3,(H,20,23). The largest absolute Gasteiger partial charge is 0.364 e. The van der Waals surface area contributed by atoms with Gasteiger partial charge in [-0.3, -0.25) is 9.78 Å². The summed E-state index contributed by atoms with van der Waals surface area (Å²) in [4.78, 5) is 25.2. The van der Waals surface area contributed by atoms with E-state index in [1.54, 1.807) is 24.4 Å². The van der Waals surface area contributed by atoms with E-state index in [0.29, 0.717) is 34.2 Å². The van der Waals surface area contributed by atoms with Crippen molar-refractivity contribution < 1.29 is 9.63 Å². The van der Waals surface area contributed by atoms with Crippen LogP contribution < -0.4 is 21.4 Å². The third kappa shape index (κ3) is 3.72. The van der Waals surface area contributed by atoms with Gasteiger partial charge in [0.1, 0.15) is 0 Å². The Bertz CT molecular complexity index is 917. The fraction of sp³-hybridized carbons (Fsp3) is 0.118. The van der Waals surface area contributed by atoms with Crippen molar-refractivity contribution in [3.8, 4) is 0 Å². The average molecular weight is 343 g/mol. The number of carbonyl (C=O) groups excluding carboxylic acids is 1. The van der Waals surface area contributed by atoms with Crippen LogP contribution >= 0.6 is 11.6 Å². The van der Waals surface area contributed by atoms with Crippen molar-refractivity contribution in [1.29, 1.82) is 0 Å². The maximum atomic E-state index is 11.2. The zero-order valence-electron chi connectivity index (χ0n) is 13.0. The molecule has 0 radical (unpaired) electrons. The number of anilines is 1. The molecule has 122 valence electrons. The number of benzene rings is 1. The predicted octanol–water partition coefficient (Wildman–Crippen LogP) is 1.35. The monoisotopic (exact) mass is 342 g/mol. The lowest BCUT2D eigenvalue weighted by Gasteiger charge is -2.07. The van der Waals surface area contributed by atoms with Crippen molar-refractivity contribution in [3.05, 3.63) is 57.7 Å². The minimum atomic E-state index is -0.179. The van der Waals surface area contributed by atoms with Crippen LogP contribution in [0.15, 0.2) is 41.5 Å². The van der Waals surface area contributed by atoms with Gasteiger partial charge in [0.25, 0.3) is 0 Å². The topological polar surface area (TPSA) is 75.6 Å². The van der Waals surface area contributed by atoms with E-state index in [1.165, 1.54) is 6.92 Å². The second kappa shape index (κ2) is 6.72. The zero-order chi connectivity index (χ0) is 17.1. The number of pyridine rings is 1. The number of carbonyl (C=O) groups is 1. The first-order valence-electron chi connectivity index (χ1n) is 7.23. The number of nitrogens with zero attached hydrogens (tertiary/aromatic N) is 2. The van der Waals surface area contributed by atoms with Crippen LogP contribution in [-0.2, 0) is 16.1 Å². The Balaban J connectivity index is 1.83. The van der Waals surface area contributed by atoms with Gasteiger partial charge in [-0.2, -0.15) is 4.99 Å². The molecule has 1 aromatic carbocycles. The van der Waals surface area contributed by atoms with Gasteiger partial charge in [0, 0.05) is 18.3 Å². The molecule has 0 saturated carbocycles. The molecule has 7 heteroatoms. The molecule has 0 bridgehead atoms. The number of hydrogen-bond donors (Lipinski definition) is 2. The number of rotatable bonds is 3. The Labute approximate surface area is 143 Å². The van der Waals surface area contributed by atoms with E-state index < -0.39 is 0 Å². The maximum Gasteiger partial charge on any atom is 0.228 e. The minimum Gasteiger partial charge on any atom is -0.364 e. The molecule has 2 N–H and O–H groups in total. The summed E-state index contributed by atoms with van der Waals surface area (Å²) in [6, 6.07) is 9.05. The zero-order valence-corrected chi connectivity index (χ0v) is 13.7. The van der Waals surface area contributed by atoms with E-state index in [1.807, 2.05) is 12.1 Å². The van der Waals surface area contributed by atoms with Gasteiger partial charge in [-0.25, -0.2) is 5.48 Å². The molecule has 1 aliphatic heterocycles. The maximum absolute atomic E-state index is 11.2. The van der Waals surface area contributed by atoms with Crippen molar-refractivity contribution >= 4 is 41.5 Å². The summed E-state index contributed by atoms with van der Waals surface area (Å²) < 4.78 is 0. The van der Waals surface area contributed by atoms with E-state index in [0.717, 1.165) is 10.8 Å². The highest BCUT2D eigenvalue weighted by atomic mass is 35.5. The minimum absolute atomic E-state index is 0.179. The smallest absolute Gasteiger partial charge is 0.228 e. The number of aromatic nitrogens is 1. The van der Waals surface area contributed by atoms with Crippen molar-refractivity contribution in [2.45, 2.75) is 13.3 Å². The lowest BCUT2D eigenvalue weighted by atomic mass is 10.1. The second-order valence-corrected chi connectivity index (χ2v) is 5.68. The summed E-state index contributed by atoms with van der Waals surface area (Å²) in [5.74, 6) is 0.926. The summed E-state index contributed by atoms with van der Waals surface area (Å²) in [6.07, 6.45) is 2.14. The highest BCUT2D eigenvalue weighted by molar-refractivity contribution is 6.33. The quantitative estimate of drug-likeness (QED) is 0.882. The van der Waals surface area contributed by atoms with Crippen molar-refractivity contribution in [3.63, 3.8) is 0 Å². The third-order valence-electron chi connectivity index (χ3n) is 3.30. The molecule has 1 aliphatic rings. The van der Waals surface area contributed by atoms with Gasteiger partial charge in [0.15, 0.2) is 5.82 Å². The van der Waals surface area contributed by atoms with E-state index in [4.69, 9.17) is 16.4 Å². The van der Waals surface area contributed by atoms with Gasteiger partial charge in [-0.1, -0.05) is 24.2 Å². The van der Waals surface area contributed by atoms with Gasteiger partial charge in [-0.15, -0.1) is 0 Å². The Morgan fingerprint density at radius 2 is 2.21 bits per heavy atom. The van der Waals surface area contributed by atoms with E-state index in [-0.39, 0.29) is 5.91 Å². The Hall–Kier alpha value is -2.86. The van der Waals surface area contributed by atoms with E-state index in [2.05, 4.69) is 27.4 Å². The summed E-state index contributed by atoms with van der Waals surface area (Å²) in [6.45, 7) is 5.18. The molecule has 0 fully saturated rings. The second-order valence-electron chi connectivity index (χ2n) is 5.27. The van der Waals surface area contributed by atoms with Crippen molar-refractivity contribution in [2.75, 3.05) is 5.32 Å². The van der Waals surface area contributed by atoms with Gasteiger partial charge >= 0.3 is 0 Å². The third-order valence-corrected chi connectivity index (χ3v) is 3.63. The van der Waals surface area contributed by atoms with Crippen LogP contribution in [0.5, 0.6) is 0 Å². The Morgan fingerprint density at radius 3 is 2.92 bits per heavy atom. The first kappa shape index (κ1) is 16.0. The van der Waals surface area contributed by atoms with Crippen LogP contribution in [-0.4, -0.2) is 16.8 Å². The number of hydroxylamine groups is 1. The first-order valence-corrected chi connectivity index (χ1v) is 7.61. The molecule has 0 aliphatic carbocycles. The molecule has 0 unspecified atom stereocenters. The molecule has 1 aromatic heterocycles. The highest BCUT2D eigenvalue weighted by Gasteiger charge is 2.14. The predicted molar refractivity (Wildman–Crippen MR) is 93.5 cm³/mol. The van der Waals surface area contributed by atoms with Crippen LogP contribution in [0.2, 0.25) is 5.02 Å². The van der Waals surface area contributed by atoms with Crippen LogP contribution in [0, 0.1) is 0 Å². The molecular formula is C17H15ClN4O2. The lowest BCUT2D eigenvalue weighted by Crippen LogP contribution is -2.18. The number of amides is 1. The average Bonchev–Trinajstić information content (AvgIpc) is 2.99. The summed E-state index contributed by atoms with van der Waals surface area (Å²) in [5, 5.41) is 4.67. The van der Waals surface area contributed by atoms with Crippen LogP contribution in [0.25, 0.3) is 12.4 Å². The van der Waals surface area contributed by atoms with Crippen molar-refractivity contribution in [1.82, 2.24) is 10.5 Å². The summed E-state index contributed by atoms with van der Waals surface area (Å²) in [7, 11) is 0. The Morgan fingerprint density at radius 1 is 1.38 bits per heavy atom. The molecule has 3 rings (SSSR count). The summed E-state index contributed by atoms with van der Waals surface area (Å²) >= 11 is 6.07. The SMILES string of the molecule is C=c1ccc(=C2N=C(Cc3ccc(Cl)c(NC(C)=O)c3)ON2)cn1. The molecule has 0 spiro atoms. The van der Waals surface area contributed by atoms with Crippen LogP contribution in [0.4, 0.5) is 5.69 Å². The first-order chi connectivity index (χ1) is 11.5.